The number of aromatic nitrogens is 2. The molecule has 0 saturated carbocycles. The highest BCUT2D eigenvalue weighted by Crippen LogP contribution is 2.25. The molecule has 2 heterocycles. The minimum Gasteiger partial charge on any atom is -0.335 e. The van der Waals surface area contributed by atoms with Crippen molar-refractivity contribution in [3.63, 3.8) is 0 Å². The zero-order valence-electron chi connectivity index (χ0n) is 10.8. The molecule has 1 aliphatic heterocycles. The minimum absolute atomic E-state index is 0.140. The average molecular weight is 295 g/mol. The monoisotopic (exact) mass is 295 g/mol. The van der Waals surface area contributed by atoms with Gasteiger partial charge in [0.15, 0.2) is 0 Å². The molecule has 1 aromatic carbocycles. The highest BCUT2D eigenvalue weighted by atomic mass is 32.2. The Labute approximate surface area is 116 Å². The van der Waals surface area contributed by atoms with Crippen molar-refractivity contribution in [1.29, 1.82) is 0 Å². The molecule has 0 spiro atoms. The van der Waals surface area contributed by atoms with Gasteiger partial charge in [-0.1, -0.05) is 24.3 Å². The van der Waals surface area contributed by atoms with Crippen molar-refractivity contribution in [3.8, 4) is 0 Å². The molecule has 0 fully saturated rings. The van der Waals surface area contributed by atoms with E-state index in [0.29, 0.717) is 19.0 Å². The average Bonchev–Trinajstić information content (AvgIpc) is 3.01. The zero-order valence-corrected chi connectivity index (χ0v) is 11.6. The Morgan fingerprint density at radius 1 is 1.30 bits per heavy atom. The van der Waals surface area contributed by atoms with Crippen molar-refractivity contribution >= 4 is 16.1 Å². The molecule has 0 bridgehead atoms. The first-order valence-corrected chi connectivity index (χ1v) is 7.82. The van der Waals surface area contributed by atoms with Gasteiger partial charge in [-0.3, -0.25) is 4.18 Å². The number of rotatable bonds is 4. The highest BCUT2D eigenvalue weighted by Gasteiger charge is 2.22. The summed E-state index contributed by atoms with van der Waals surface area (Å²) in [5.74, 6) is 0.578. The van der Waals surface area contributed by atoms with E-state index in [0.717, 1.165) is 6.26 Å². The lowest BCUT2D eigenvalue weighted by molar-refractivity contribution is 0.249. The Hall–Kier alpha value is -1.93. The topological polar surface area (TPSA) is 85.5 Å². The molecule has 7 nitrogen and oxygen atoms in total. The van der Waals surface area contributed by atoms with Gasteiger partial charge >= 0.3 is 0 Å². The number of fused-ring (bicyclic) bond motifs is 1. The third-order valence-electron chi connectivity index (χ3n) is 2.98. The van der Waals surface area contributed by atoms with Gasteiger partial charge in [0, 0.05) is 13.1 Å². The fraction of sp³-hybridized carbons (Fsp3) is 0.333. The second-order valence-corrected chi connectivity index (χ2v) is 6.22. The Kier molecular flexibility index (Phi) is 3.19. The Bertz CT molecular complexity index is 701. The lowest BCUT2D eigenvalue weighted by Crippen LogP contribution is -2.16. The van der Waals surface area contributed by atoms with Gasteiger partial charge in [-0.15, -0.1) is 0 Å². The predicted octanol–water partition coefficient (Wildman–Crippen LogP) is 1.07. The number of anilines is 1. The van der Waals surface area contributed by atoms with E-state index in [9.17, 15) is 8.42 Å². The molecule has 0 saturated heterocycles. The first kappa shape index (κ1) is 13.1. The van der Waals surface area contributed by atoms with Gasteiger partial charge in [-0.05, 0) is 16.3 Å². The standard InChI is InChI=1S/C12H13N3O4S/c1-20(16,17)18-8-11-13-12(14-19-11)15-6-9-4-2-3-5-10(9)7-15/h2-5H,6-8H2,1H3. The van der Waals surface area contributed by atoms with Crippen molar-refractivity contribution < 1.29 is 17.1 Å². The van der Waals surface area contributed by atoms with Crippen LogP contribution in [0.3, 0.4) is 0 Å². The summed E-state index contributed by atoms with van der Waals surface area (Å²) in [5, 5.41) is 3.85. The minimum atomic E-state index is -3.52. The summed E-state index contributed by atoms with van der Waals surface area (Å²) in [6.45, 7) is 1.18. The van der Waals surface area contributed by atoms with Gasteiger partial charge in [0.05, 0.1) is 6.26 Å². The molecular weight excluding hydrogens is 282 g/mol. The predicted molar refractivity (Wildman–Crippen MR) is 70.3 cm³/mol. The molecule has 106 valence electrons. The maximum atomic E-state index is 10.9. The van der Waals surface area contributed by atoms with E-state index in [2.05, 4.69) is 26.5 Å². The molecule has 20 heavy (non-hydrogen) atoms. The first-order chi connectivity index (χ1) is 9.51. The van der Waals surface area contributed by atoms with Crippen LogP contribution in [0.25, 0.3) is 0 Å². The third-order valence-corrected chi connectivity index (χ3v) is 3.52. The van der Waals surface area contributed by atoms with Crippen LogP contribution in [-0.4, -0.2) is 24.8 Å². The van der Waals surface area contributed by atoms with Crippen molar-refractivity contribution in [3.05, 3.63) is 41.3 Å². The number of hydrogen-bond donors (Lipinski definition) is 0. The van der Waals surface area contributed by atoms with Gasteiger partial charge in [0.25, 0.3) is 22.0 Å². The van der Waals surface area contributed by atoms with Crippen LogP contribution >= 0.6 is 0 Å². The summed E-state index contributed by atoms with van der Waals surface area (Å²) >= 11 is 0. The summed E-state index contributed by atoms with van der Waals surface area (Å²) in [4.78, 5) is 6.09. The summed E-state index contributed by atoms with van der Waals surface area (Å²) in [7, 11) is -3.52. The van der Waals surface area contributed by atoms with Gasteiger partial charge in [-0.25, -0.2) is 0 Å². The summed E-state index contributed by atoms with van der Waals surface area (Å²) in [6, 6.07) is 8.10. The van der Waals surface area contributed by atoms with Crippen LogP contribution in [0.5, 0.6) is 0 Å². The van der Waals surface area contributed by atoms with Crippen molar-refractivity contribution in [2.75, 3.05) is 11.2 Å². The van der Waals surface area contributed by atoms with Crippen molar-refractivity contribution in [1.82, 2.24) is 10.1 Å². The highest BCUT2D eigenvalue weighted by molar-refractivity contribution is 7.85. The molecule has 0 N–H and O–H groups in total. The zero-order chi connectivity index (χ0) is 14.2. The Morgan fingerprint density at radius 2 is 1.95 bits per heavy atom. The van der Waals surface area contributed by atoms with E-state index in [1.54, 1.807) is 0 Å². The molecule has 8 heteroatoms. The maximum absolute atomic E-state index is 10.9. The van der Waals surface area contributed by atoms with E-state index in [-0.39, 0.29) is 12.5 Å². The van der Waals surface area contributed by atoms with Gasteiger partial charge in [0.2, 0.25) is 0 Å². The summed E-state index contributed by atoms with van der Waals surface area (Å²) in [5.41, 5.74) is 2.46. The second-order valence-electron chi connectivity index (χ2n) is 4.58. The van der Waals surface area contributed by atoms with E-state index in [4.69, 9.17) is 4.52 Å². The normalized spacial score (nSPS) is 14.6. The quantitative estimate of drug-likeness (QED) is 0.780. The fourth-order valence-corrected chi connectivity index (χ4v) is 2.38. The maximum Gasteiger partial charge on any atom is 0.266 e. The Morgan fingerprint density at radius 3 is 2.55 bits per heavy atom. The first-order valence-electron chi connectivity index (χ1n) is 6.00. The summed E-state index contributed by atoms with van der Waals surface area (Å²) < 4.78 is 31.4. The van der Waals surface area contributed by atoms with Crippen LogP contribution in [-0.2, 0) is 34.0 Å². The third kappa shape index (κ3) is 2.81. The van der Waals surface area contributed by atoms with E-state index in [1.165, 1.54) is 11.1 Å². The number of nitrogens with zero attached hydrogens (tertiary/aromatic N) is 3. The van der Waals surface area contributed by atoms with E-state index < -0.39 is 10.1 Å². The fourth-order valence-electron chi connectivity index (χ4n) is 2.06. The molecule has 2 aromatic rings. The van der Waals surface area contributed by atoms with E-state index in [1.807, 2.05) is 17.0 Å². The van der Waals surface area contributed by atoms with Gasteiger partial charge in [-0.2, -0.15) is 13.4 Å². The van der Waals surface area contributed by atoms with Gasteiger partial charge < -0.3 is 9.42 Å². The molecular formula is C12H13N3O4S. The lowest BCUT2D eigenvalue weighted by atomic mass is 10.1. The molecule has 0 radical (unpaired) electrons. The molecule has 1 aromatic heterocycles. The number of hydrogen-bond acceptors (Lipinski definition) is 7. The second kappa shape index (κ2) is 4.88. The SMILES string of the molecule is CS(=O)(=O)OCc1nc(N2Cc3ccccc3C2)no1. The molecule has 0 amide bonds. The summed E-state index contributed by atoms with van der Waals surface area (Å²) in [6.07, 6.45) is 0.974. The largest absolute Gasteiger partial charge is 0.335 e. The van der Waals surface area contributed by atoms with Gasteiger partial charge in [0.1, 0.15) is 6.61 Å². The van der Waals surface area contributed by atoms with Crippen molar-refractivity contribution in [2.45, 2.75) is 19.7 Å². The molecule has 0 aliphatic carbocycles. The van der Waals surface area contributed by atoms with Crippen LogP contribution in [0.4, 0.5) is 5.95 Å². The molecule has 1 aliphatic rings. The number of benzene rings is 1. The smallest absolute Gasteiger partial charge is 0.266 e. The molecule has 0 unspecified atom stereocenters. The van der Waals surface area contributed by atoms with Crippen molar-refractivity contribution in [2.24, 2.45) is 0 Å². The van der Waals surface area contributed by atoms with Crippen LogP contribution in [0.1, 0.15) is 17.0 Å². The van der Waals surface area contributed by atoms with Crippen LogP contribution in [0, 0.1) is 0 Å². The molecule has 3 rings (SSSR count). The van der Waals surface area contributed by atoms with Crippen LogP contribution in [0.2, 0.25) is 0 Å². The lowest BCUT2D eigenvalue weighted by Gasteiger charge is -2.10. The van der Waals surface area contributed by atoms with Crippen LogP contribution in [0.15, 0.2) is 28.8 Å². The Balaban J connectivity index is 1.70. The molecule has 0 atom stereocenters. The van der Waals surface area contributed by atoms with E-state index >= 15 is 0 Å². The van der Waals surface area contributed by atoms with Crippen LogP contribution < -0.4 is 4.90 Å².